The van der Waals surface area contributed by atoms with Crippen LogP contribution >= 0.6 is 0 Å². The summed E-state index contributed by atoms with van der Waals surface area (Å²) >= 11 is 0. The second-order valence-electron chi connectivity index (χ2n) is 9.82. The van der Waals surface area contributed by atoms with Gasteiger partial charge in [-0.3, -0.25) is 0 Å². The first-order chi connectivity index (χ1) is 10.9. The summed E-state index contributed by atoms with van der Waals surface area (Å²) in [6, 6.07) is 0. The third-order valence-corrected chi connectivity index (χ3v) is 7.89. The van der Waals surface area contributed by atoms with Gasteiger partial charge in [-0.25, -0.2) is 0 Å². The van der Waals surface area contributed by atoms with Crippen molar-refractivity contribution in [2.45, 2.75) is 97.0 Å². The molecule has 0 spiro atoms. The minimum Gasteiger partial charge on any atom is -0.417 e. The summed E-state index contributed by atoms with van der Waals surface area (Å²) in [6.07, 6.45) is -0.575. The molecule has 0 rings (SSSR count). The predicted molar refractivity (Wildman–Crippen MR) is 120 cm³/mol. The van der Waals surface area contributed by atoms with Crippen molar-refractivity contribution in [1.82, 2.24) is 0 Å². The first-order valence-electron chi connectivity index (χ1n) is 9.14. The summed E-state index contributed by atoms with van der Waals surface area (Å²) in [4.78, 5) is 0. The van der Waals surface area contributed by atoms with Crippen molar-refractivity contribution in [2.75, 3.05) is 0 Å². The van der Waals surface area contributed by atoms with Gasteiger partial charge >= 0.3 is 0 Å². The van der Waals surface area contributed by atoms with Gasteiger partial charge in [0.1, 0.15) is 16.1 Å². The van der Waals surface area contributed by atoms with Crippen LogP contribution in [-0.4, -0.2) is 62.9 Å². The molecule has 0 aromatic heterocycles. The van der Waals surface area contributed by atoms with E-state index in [2.05, 4.69) is 65.5 Å². The van der Waals surface area contributed by atoms with Crippen LogP contribution in [0.5, 0.6) is 0 Å². The molecule has 0 aromatic rings. The smallest absolute Gasteiger partial charge is 0.228 e. The topological polar surface area (TPSA) is 46.2 Å². The van der Waals surface area contributed by atoms with Crippen molar-refractivity contribution in [3.8, 4) is 0 Å². The molecular formula is C15H42O5Si5. The van der Waals surface area contributed by atoms with Crippen molar-refractivity contribution in [3.63, 3.8) is 0 Å². The normalized spacial score (nSPS) is 17.6. The molecule has 0 radical (unpaired) electrons. The van der Waals surface area contributed by atoms with Gasteiger partial charge in [-0.15, -0.1) is 0 Å². The predicted octanol–water partition coefficient (Wildman–Crippen LogP) is 2.79. The van der Waals surface area contributed by atoms with Crippen molar-refractivity contribution in [2.24, 2.45) is 0 Å². The van der Waals surface area contributed by atoms with Crippen LogP contribution in [0.2, 0.25) is 65.5 Å². The standard InChI is InChI=1S/C15H42O5Si5/c1-14(2,18-21)15(19-22-3,20-25(10,11)12)13(16-23(4,5)6)17-24(7,8)9/h13H,22H2,1-12,21H3. The second-order valence-corrected chi connectivity index (χ2v) is 24.4. The van der Waals surface area contributed by atoms with Crippen molar-refractivity contribution in [3.05, 3.63) is 0 Å². The summed E-state index contributed by atoms with van der Waals surface area (Å²) in [5, 5.41) is 0. The quantitative estimate of drug-likeness (QED) is 0.364. The number of rotatable bonds is 11. The van der Waals surface area contributed by atoms with E-state index in [0.717, 1.165) is 0 Å². The summed E-state index contributed by atoms with van der Waals surface area (Å²) in [5.41, 5.74) is -0.646. The summed E-state index contributed by atoms with van der Waals surface area (Å²) in [5.74, 6) is -1.03. The van der Waals surface area contributed by atoms with Crippen LogP contribution in [0, 0.1) is 0 Å². The van der Waals surface area contributed by atoms with E-state index in [4.69, 9.17) is 22.1 Å². The van der Waals surface area contributed by atoms with Gasteiger partial charge in [-0.1, -0.05) is 6.55 Å². The summed E-state index contributed by atoms with van der Waals surface area (Å²) < 4.78 is 32.3. The van der Waals surface area contributed by atoms with Crippen molar-refractivity contribution in [1.29, 1.82) is 0 Å². The zero-order valence-corrected chi connectivity index (χ0v) is 25.2. The molecule has 1 atom stereocenters. The largest absolute Gasteiger partial charge is 0.417 e. The van der Waals surface area contributed by atoms with Crippen molar-refractivity contribution >= 4 is 45.2 Å². The van der Waals surface area contributed by atoms with Gasteiger partial charge in [0.05, 0.1) is 0 Å². The molecule has 0 fully saturated rings. The maximum absolute atomic E-state index is 6.72. The van der Waals surface area contributed by atoms with Crippen molar-refractivity contribution < 1.29 is 22.1 Å². The fourth-order valence-corrected chi connectivity index (χ4v) is 6.83. The molecule has 0 bridgehead atoms. The highest BCUT2D eigenvalue weighted by Gasteiger charge is 2.58. The molecule has 0 aliphatic carbocycles. The molecule has 0 amide bonds. The van der Waals surface area contributed by atoms with E-state index in [1.165, 1.54) is 0 Å². The van der Waals surface area contributed by atoms with E-state index in [-0.39, 0.29) is 0 Å². The molecule has 0 saturated carbocycles. The summed E-state index contributed by atoms with van der Waals surface area (Å²) in [6.45, 7) is 25.7. The first kappa shape index (κ1) is 25.9. The van der Waals surface area contributed by atoms with E-state index >= 15 is 0 Å². The minimum atomic E-state index is -1.97. The monoisotopic (exact) mass is 442 g/mol. The average Bonchev–Trinajstić information content (AvgIpc) is 2.32. The molecule has 5 nitrogen and oxygen atoms in total. The van der Waals surface area contributed by atoms with Gasteiger partial charge in [0.15, 0.2) is 41.0 Å². The first-order valence-corrected chi connectivity index (χ1v) is 22.2. The fraction of sp³-hybridized carbons (Fsp3) is 1.00. The highest BCUT2D eigenvalue weighted by atomic mass is 28.4. The third kappa shape index (κ3) is 8.62. The highest BCUT2D eigenvalue weighted by Crippen LogP contribution is 2.40. The molecule has 0 heterocycles. The molecule has 0 N–H and O–H groups in total. The lowest BCUT2D eigenvalue weighted by atomic mass is 9.97. The molecule has 0 aliphatic heterocycles. The SMILES string of the molecule is C[SiH2]OC(O[Si](C)(C)C)(C(O[Si](C)(C)C)O[Si](C)(C)C)C(C)(C)O[SiH3]. The van der Waals surface area contributed by atoms with Crippen LogP contribution in [0.25, 0.3) is 0 Å². The molecule has 25 heavy (non-hydrogen) atoms. The van der Waals surface area contributed by atoms with E-state index in [9.17, 15) is 0 Å². The Morgan fingerprint density at radius 2 is 1.20 bits per heavy atom. The maximum atomic E-state index is 6.72. The molecule has 1 unspecified atom stereocenters. The van der Waals surface area contributed by atoms with E-state index in [0.29, 0.717) is 10.5 Å². The number of hydrogen-bond donors (Lipinski definition) is 0. The Morgan fingerprint density at radius 1 is 0.800 bits per heavy atom. The molecular weight excluding hydrogens is 401 g/mol. The fourth-order valence-electron chi connectivity index (χ4n) is 2.36. The Balaban J connectivity index is 6.37. The third-order valence-electron chi connectivity index (χ3n) is 3.40. The van der Waals surface area contributed by atoms with Gasteiger partial charge in [-0.05, 0) is 72.8 Å². The van der Waals surface area contributed by atoms with Gasteiger partial charge in [0.25, 0.3) is 0 Å². The Kier molecular flexibility index (Phi) is 9.24. The zero-order chi connectivity index (χ0) is 20.3. The van der Waals surface area contributed by atoms with Crippen LogP contribution in [0.1, 0.15) is 13.8 Å². The minimum absolute atomic E-state index is 0.575. The summed E-state index contributed by atoms with van der Waals surface area (Å²) in [7, 11) is -5.97. The van der Waals surface area contributed by atoms with Gasteiger partial charge < -0.3 is 22.1 Å². The van der Waals surface area contributed by atoms with Gasteiger partial charge in [0.2, 0.25) is 5.79 Å². The van der Waals surface area contributed by atoms with Gasteiger partial charge in [0, 0.05) is 0 Å². The second kappa shape index (κ2) is 8.92. The lowest BCUT2D eigenvalue weighted by Crippen LogP contribution is -2.69. The maximum Gasteiger partial charge on any atom is 0.228 e. The van der Waals surface area contributed by atoms with E-state index < -0.39 is 52.4 Å². The highest BCUT2D eigenvalue weighted by molar-refractivity contribution is 6.71. The zero-order valence-electron chi connectivity index (χ0n) is 18.8. The van der Waals surface area contributed by atoms with Crippen LogP contribution in [0.4, 0.5) is 0 Å². The Labute approximate surface area is 164 Å². The lowest BCUT2D eigenvalue weighted by molar-refractivity contribution is -0.309. The molecule has 0 aliphatic rings. The lowest BCUT2D eigenvalue weighted by Gasteiger charge is -2.53. The van der Waals surface area contributed by atoms with Crippen LogP contribution in [0.3, 0.4) is 0 Å². The van der Waals surface area contributed by atoms with E-state index in [1.807, 2.05) is 13.8 Å². The molecule has 10 heteroatoms. The van der Waals surface area contributed by atoms with Gasteiger partial charge in [-0.2, -0.15) is 0 Å². The number of hydrogen-bond acceptors (Lipinski definition) is 5. The van der Waals surface area contributed by atoms with E-state index in [1.54, 1.807) is 0 Å². The van der Waals surface area contributed by atoms with Crippen LogP contribution in [0.15, 0.2) is 0 Å². The molecule has 0 saturated heterocycles. The molecule has 152 valence electrons. The molecule has 0 aromatic carbocycles. The van der Waals surface area contributed by atoms with Crippen LogP contribution < -0.4 is 0 Å². The Hall–Kier alpha value is 0.884. The average molecular weight is 443 g/mol. The Bertz CT molecular complexity index is 398. The van der Waals surface area contributed by atoms with Crippen LogP contribution in [-0.2, 0) is 22.1 Å². The Morgan fingerprint density at radius 3 is 1.44 bits per heavy atom.